The summed E-state index contributed by atoms with van der Waals surface area (Å²) in [6.45, 7) is 4.73. The zero-order valence-corrected chi connectivity index (χ0v) is 7.71. The first-order valence-electron chi connectivity index (χ1n) is 4.89. The van der Waals surface area contributed by atoms with Crippen molar-refractivity contribution in [2.45, 2.75) is 38.1 Å². The second-order valence-corrected chi connectivity index (χ2v) is 4.42. The summed E-state index contributed by atoms with van der Waals surface area (Å²) in [6.07, 6.45) is 4.59. The highest BCUT2D eigenvalue weighted by Gasteiger charge is 2.46. The van der Waals surface area contributed by atoms with Crippen molar-refractivity contribution in [3.05, 3.63) is 0 Å². The molecule has 2 rings (SSSR count). The van der Waals surface area contributed by atoms with Crippen molar-refractivity contribution in [3.8, 4) is 6.07 Å². The van der Waals surface area contributed by atoms with Crippen LogP contribution in [0.1, 0.15) is 32.6 Å². The summed E-state index contributed by atoms with van der Waals surface area (Å²) in [5.41, 5.74) is 0.321. The van der Waals surface area contributed by atoms with Crippen LogP contribution < -0.4 is 0 Å². The number of hydrogen-bond donors (Lipinski definition) is 0. The smallest absolute Gasteiger partial charge is 0.0641 e. The molecule has 0 aromatic carbocycles. The van der Waals surface area contributed by atoms with Gasteiger partial charge < -0.3 is 0 Å². The van der Waals surface area contributed by atoms with Crippen molar-refractivity contribution in [2.75, 3.05) is 13.1 Å². The second-order valence-electron chi connectivity index (χ2n) is 4.42. The minimum atomic E-state index is 0.321. The van der Waals surface area contributed by atoms with E-state index in [0.29, 0.717) is 5.54 Å². The lowest BCUT2D eigenvalue weighted by molar-refractivity contribution is -0.0541. The van der Waals surface area contributed by atoms with Crippen molar-refractivity contribution in [3.63, 3.8) is 0 Å². The Morgan fingerprint density at radius 2 is 2.17 bits per heavy atom. The SMILES string of the molecule is CC1CN(C2(CC#N)CCC2)C1. The van der Waals surface area contributed by atoms with E-state index in [4.69, 9.17) is 5.26 Å². The Hall–Kier alpha value is -0.550. The Kier molecular flexibility index (Phi) is 1.84. The summed E-state index contributed by atoms with van der Waals surface area (Å²) in [7, 11) is 0. The van der Waals surface area contributed by atoms with Crippen molar-refractivity contribution in [1.29, 1.82) is 5.26 Å². The van der Waals surface area contributed by atoms with Crippen LogP contribution in [-0.4, -0.2) is 23.5 Å². The molecule has 1 aliphatic carbocycles. The lowest BCUT2D eigenvalue weighted by Gasteiger charge is -2.55. The minimum absolute atomic E-state index is 0.321. The van der Waals surface area contributed by atoms with E-state index < -0.39 is 0 Å². The van der Waals surface area contributed by atoms with E-state index in [1.54, 1.807) is 0 Å². The number of likely N-dealkylation sites (tertiary alicyclic amines) is 1. The first kappa shape index (κ1) is 8.07. The van der Waals surface area contributed by atoms with Crippen LogP contribution in [0, 0.1) is 17.2 Å². The van der Waals surface area contributed by atoms with Gasteiger partial charge in [-0.1, -0.05) is 6.92 Å². The van der Waals surface area contributed by atoms with Gasteiger partial charge in [0.15, 0.2) is 0 Å². The van der Waals surface area contributed by atoms with E-state index in [9.17, 15) is 0 Å². The molecule has 0 amide bonds. The predicted molar refractivity (Wildman–Crippen MR) is 47.5 cm³/mol. The fourth-order valence-electron chi connectivity index (χ4n) is 2.42. The summed E-state index contributed by atoms with van der Waals surface area (Å²) >= 11 is 0. The van der Waals surface area contributed by atoms with E-state index in [0.717, 1.165) is 12.3 Å². The Balaban J connectivity index is 1.95. The Labute approximate surface area is 74.2 Å². The molecule has 2 aliphatic rings. The molecule has 2 fully saturated rings. The molecule has 0 radical (unpaired) electrons. The molecule has 1 heterocycles. The van der Waals surface area contributed by atoms with Crippen LogP contribution in [-0.2, 0) is 0 Å². The van der Waals surface area contributed by atoms with Crippen LogP contribution in [0.2, 0.25) is 0 Å². The largest absolute Gasteiger partial charge is 0.296 e. The van der Waals surface area contributed by atoms with Crippen LogP contribution in [0.4, 0.5) is 0 Å². The van der Waals surface area contributed by atoms with Gasteiger partial charge in [-0.3, -0.25) is 4.90 Å². The second kappa shape index (κ2) is 2.74. The maximum Gasteiger partial charge on any atom is 0.0641 e. The molecule has 2 heteroatoms. The molecule has 0 N–H and O–H groups in total. The molecule has 12 heavy (non-hydrogen) atoms. The van der Waals surface area contributed by atoms with Gasteiger partial charge in [-0.2, -0.15) is 5.26 Å². The maximum absolute atomic E-state index is 8.72. The summed E-state index contributed by atoms with van der Waals surface area (Å²) in [5.74, 6) is 0.862. The third-order valence-electron chi connectivity index (χ3n) is 3.43. The number of hydrogen-bond acceptors (Lipinski definition) is 2. The summed E-state index contributed by atoms with van der Waals surface area (Å²) in [6, 6.07) is 2.33. The third-order valence-corrected chi connectivity index (χ3v) is 3.43. The first-order valence-corrected chi connectivity index (χ1v) is 4.89. The van der Waals surface area contributed by atoms with Gasteiger partial charge in [0, 0.05) is 18.6 Å². The average Bonchev–Trinajstić information content (AvgIpc) is 1.91. The standard InChI is InChI=1S/C10H16N2/c1-9-7-12(8-9)10(5-6-11)3-2-4-10/h9H,2-5,7-8H2,1H3. The van der Waals surface area contributed by atoms with E-state index in [1.807, 2.05) is 0 Å². The molecule has 1 saturated heterocycles. The fourth-order valence-corrected chi connectivity index (χ4v) is 2.42. The molecule has 66 valence electrons. The summed E-state index contributed by atoms with van der Waals surface area (Å²) < 4.78 is 0. The monoisotopic (exact) mass is 164 g/mol. The lowest BCUT2D eigenvalue weighted by Crippen LogP contribution is -2.62. The van der Waals surface area contributed by atoms with Gasteiger partial charge in [-0.25, -0.2) is 0 Å². The Morgan fingerprint density at radius 3 is 2.50 bits per heavy atom. The molecule has 0 bridgehead atoms. The van der Waals surface area contributed by atoms with E-state index in [2.05, 4.69) is 17.9 Å². The van der Waals surface area contributed by atoms with Gasteiger partial charge in [0.25, 0.3) is 0 Å². The van der Waals surface area contributed by atoms with Crippen LogP contribution in [0.15, 0.2) is 0 Å². The lowest BCUT2D eigenvalue weighted by atomic mass is 9.71. The molecular weight excluding hydrogens is 148 g/mol. The normalized spacial score (nSPS) is 28.7. The van der Waals surface area contributed by atoms with Crippen LogP contribution in [0.3, 0.4) is 0 Å². The molecule has 0 unspecified atom stereocenters. The van der Waals surface area contributed by atoms with E-state index in [1.165, 1.54) is 32.4 Å². The first-order chi connectivity index (χ1) is 5.77. The van der Waals surface area contributed by atoms with Gasteiger partial charge in [0.1, 0.15) is 0 Å². The fraction of sp³-hybridized carbons (Fsp3) is 0.900. The van der Waals surface area contributed by atoms with Crippen molar-refractivity contribution in [1.82, 2.24) is 4.90 Å². The molecule has 0 aromatic rings. The van der Waals surface area contributed by atoms with E-state index in [-0.39, 0.29) is 0 Å². The highest BCUT2D eigenvalue weighted by Crippen LogP contribution is 2.43. The van der Waals surface area contributed by atoms with Gasteiger partial charge in [0.05, 0.1) is 12.5 Å². The average molecular weight is 164 g/mol. The topological polar surface area (TPSA) is 27.0 Å². The zero-order valence-electron chi connectivity index (χ0n) is 7.71. The number of rotatable bonds is 2. The van der Waals surface area contributed by atoms with Gasteiger partial charge in [0.2, 0.25) is 0 Å². The molecule has 2 nitrogen and oxygen atoms in total. The molecule has 0 aromatic heterocycles. The van der Waals surface area contributed by atoms with Crippen molar-refractivity contribution >= 4 is 0 Å². The van der Waals surface area contributed by atoms with Crippen molar-refractivity contribution < 1.29 is 0 Å². The Morgan fingerprint density at radius 1 is 1.50 bits per heavy atom. The van der Waals surface area contributed by atoms with Crippen molar-refractivity contribution in [2.24, 2.45) is 5.92 Å². The molecule has 1 aliphatic heterocycles. The number of nitriles is 1. The van der Waals surface area contributed by atoms with Gasteiger partial charge in [-0.15, -0.1) is 0 Å². The quantitative estimate of drug-likeness (QED) is 0.622. The van der Waals surface area contributed by atoms with Gasteiger partial charge >= 0.3 is 0 Å². The highest BCUT2D eigenvalue weighted by atomic mass is 15.3. The van der Waals surface area contributed by atoms with Crippen LogP contribution in [0.25, 0.3) is 0 Å². The molecule has 0 spiro atoms. The molecule has 1 saturated carbocycles. The summed E-state index contributed by atoms with van der Waals surface area (Å²) in [5, 5.41) is 8.72. The molecular formula is C10H16N2. The highest BCUT2D eigenvalue weighted by molar-refractivity contribution is 5.06. The molecule has 0 atom stereocenters. The maximum atomic E-state index is 8.72. The third kappa shape index (κ3) is 1.04. The summed E-state index contributed by atoms with van der Waals surface area (Å²) in [4.78, 5) is 2.52. The predicted octanol–water partition coefficient (Wildman–Crippen LogP) is 1.77. The zero-order chi connectivity index (χ0) is 8.60. The Bertz CT molecular complexity index is 206. The number of nitrogens with zero attached hydrogens (tertiary/aromatic N) is 2. The minimum Gasteiger partial charge on any atom is -0.296 e. The van der Waals surface area contributed by atoms with Crippen LogP contribution >= 0.6 is 0 Å². The van der Waals surface area contributed by atoms with Crippen LogP contribution in [0.5, 0.6) is 0 Å². The van der Waals surface area contributed by atoms with E-state index >= 15 is 0 Å². The van der Waals surface area contributed by atoms with Gasteiger partial charge in [-0.05, 0) is 25.2 Å².